The van der Waals surface area contributed by atoms with E-state index in [1.165, 1.54) is 0 Å². The highest BCUT2D eigenvalue weighted by molar-refractivity contribution is 9.10. The first kappa shape index (κ1) is 15.7. The molecule has 0 aliphatic rings. The highest BCUT2D eigenvalue weighted by atomic mass is 79.9. The molecule has 0 saturated carbocycles. The minimum absolute atomic E-state index is 0.0389. The number of hydrogen-bond acceptors (Lipinski definition) is 4. The van der Waals surface area contributed by atoms with Gasteiger partial charge in [-0.3, -0.25) is 10.1 Å². The maximum Gasteiger partial charge on any atom is 0.322 e. The van der Waals surface area contributed by atoms with Crippen molar-refractivity contribution in [3.63, 3.8) is 0 Å². The van der Waals surface area contributed by atoms with Crippen LogP contribution in [0.5, 0.6) is 0 Å². The molecule has 116 valence electrons. The van der Waals surface area contributed by atoms with Gasteiger partial charge in [-0.05, 0) is 23.8 Å². The van der Waals surface area contributed by atoms with Crippen molar-refractivity contribution in [3.8, 4) is 0 Å². The Kier molecular flexibility index (Phi) is 4.73. The zero-order chi connectivity index (χ0) is 16.2. The van der Waals surface area contributed by atoms with E-state index in [4.69, 9.17) is 16.0 Å². The minimum atomic E-state index is -0.411. The van der Waals surface area contributed by atoms with Gasteiger partial charge in [-0.2, -0.15) is 0 Å². The maximum absolute atomic E-state index is 12.2. The van der Waals surface area contributed by atoms with Gasteiger partial charge in [-0.15, -0.1) is 5.10 Å². The molecule has 1 heterocycles. The van der Waals surface area contributed by atoms with Gasteiger partial charge < -0.3 is 4.42 Å². The molecule has 0 aliphatic heterocycles. The predicted octanol–water partition coefficient (Wildman–Crippen LogP) is 4.33. The number of anilines is 1. The molecule has 0 bridgehead atoms. The fourth-order valence-electron chi connectivity index (χ4n) is 1.98. The van der Waals surface area contributed by atoms with Crippen LogP contribution < -0.4 is 5.32 Å². The van der Waals surface area contributed by atoms with Gasteiger partial charge in [-0.1, -0.05) is 63.0 Å². The first-order valence-corrected chi connectivity index (χ1v) is 7.91. The summed E-state index contributed by atoms with van der Waals surface area (Å²) in [5.41, 5.74) is 1.37. The van der Waals surface area contributed by atoms with Crippen LogP contribution >= 0.6 is 27.5 Å². The molecule has 0 radical (unpaired) electrons. The van der Waals surface area contributed by atoms with Crippen LogP contribution in [0.3, 0.4) is 0 Å². The van der Waals surface area contributed by atoms with Crippen molar-refractivity contribution in [1.82, 2.24) is 10.2 Å². The number of benzene rings is 2. The van der Waals surface area contributed by atoms with E-state index in [2.05, 4.69) is 31.4 Å². The fourth-order valence-corrected chi connectivity index (χ4v) is 2.55. The summed E-state index contributed by atoms with van der Waals surface area (Å²) >= 11 is 9.32. The Morgan fingerprint density at radius 3 is 2.74 bits per heavy atom. The quantitative estimate of drug-likeness (QED) is 0.717. The second kappa shape index (κ2) is 6.93. The SMILES string of the molecule is O=C(Nc1nnc(Cc2ccccc2)o1)c1cc(Br)ccc1Cl. The molecule has 2 aromatic carbocycles. The molecule has 7 heteroatoms. The summed E-state index contributed by atoms with van der Waals surface area (Å²) in [5, 5.41) is 10.6. The van der Waals surface area contributed by atoms with Crippen molar-refractivity contribution >= 4 is 39.5 Å². The van der Waals surface area contributed by atoms with Crippen LogP contribution in [0, 0.1) is 0 Å². The van der Waals surface area contributed by atoms with E-state index < -0.39 is 5.91 Å². The van der Waals surface area contributed by atoms with E-state index in [1.54, 1.807) is 18.2 Å². The number of carbonyl (C=O) groups excluding carboxylic acids is 1. The second-order valence-corrected chi connectivity index (χ2v) is 6.06. The predicted molar refractivity (Wildman–Crippen MR) is 90.7 cm³/mol. The van der Waals surface area contributed by atoms with Crippen molar-refractivity contribution in [2.45, 2.75) is 6.42 Å². The third-order valence-electron chi connectivity index (χ3n) is 3.06. The Labute approximate surface area is 145 Å². The third-order valence-corrected chi connectivity index (χ3v) is 3.88. The summed E-state index contributed by atoms with van der Waals surface area (Å²) < 4.78 is 6.19. The van der Waals surface area contributed by atoms with Crippen LogP contribution in [-0.4, -0.2) is 16.1 Å². The third kappa shape index (κ3) is 3.97. The van der Waals surface area contributed by atoms with E-state index in [0.29, 0.717) is 22.9 Å². The number of rotatable bonds is 4. The van der Waals surface area contributed by atoms with Crippen molar-refractivity contribution in [3.05, 3.63) is 75.0 Å². The lowest BCUT2D eigenvalue weighted by Crippen LogP contribution is -2.12. The molecule has 3 rings (SSSR count). The van der Waals surface area contributed by atoms with E-state index >= 15 is 0 Å². The summed E-state index contributed by atoms with van der Waals surface area (Å²) in [6.07, 6.45) is 0.501. The molecular weight excluding hydrogens is 382 g/mol. The minimum Gasteiger partial charge on any atom is -0.407 e. The van der Waals surface area contributed by atoms with Gasteiger partial charge in [0.15, 0.2) is 0 Å². The summed E-state index contributed by atoms with van der Waals surface area (Å²) in [6.45, 7) is 0. The van der Waals surface area contributed by atoms with Crippen molar-refractivity contribution < 1.29 is 9.21 Å². The molecule has 3 aromatic rings. The number of nitrogens with one attached hydrogen (secondary N) is 1. The topological polar surface area (TPSA) is 68.0 Å². The molecule has 0 aliphatic carbocycles. The lowest BCUT2D eigenvalue weighted by Gasteiger charge is -2.03. The number of carbonyl (C=O) groups is 1. The molecule has 23 heavy (non-hydrogen) atoms. The van der Waals surface area contributed by atoms with E-state index in [9.17, 15) is 4.79 Å². The summed E-state index contributed by atoms with van der Waals surface area (Å²) in [7, 11) is 0. The van der Waals surface area contributed by atoms with Crippen LogP contribution in [0.2, 0.25) is 5.02 Å². The standard InChI is InChI=1S/C16H11BrClN3O2/c17-11-6-7-13(18)12(9-11)15(22)19-16-21-20-14(23-16)8-10-4-2-1-3-5-10/h1-7,9H,8H2,(H,19,21,22). The Hall–Kier alpha value is -2.18. The Morgan fingerprint density at radius 1 is 1.17 bits per heavy atom. The van der Waals surface area contributed by atoms with Crippen molar-refractivity contribution in [2.24, 2.45) is 0 Å². The summed E-state index contributed by atoms with van der Waals surface area (Å²) in [6, 6.07) is 14.8. The van der Waals surface area contributed by atoms with Gasteiger partial charge in [0.1, 0.15) is 0 Å². The van der Waals surface area contributed by atoms with Gasteiger partial charge in [0.25, 0.3) is 5.91 Å². The number of hydrogen-bond donors (Lipinski definition) is 1. The number of amides is 1. The molecule has 0 unspecified atom stereocenters. The molecule has 0 atom stereocenters. The average Bonchev–Trinajstić information content (AvgIpc) is 2.97. The number of nitrogens with zero attached hydrogens (tertiary/aromatic N) is 2. The largest absolute Gasteiger partial charge is 0.407 e. The average molecular weight is 393 g/mol. The zero-order valence-corrected chi connectivity index (χ0v) is 14.1. The Balaban J connectivity index is 1.71. The molecule has 0 fully saturated rings. The molecule has 0 saturated heterocycles. The summed E-state index contributed by atoms with van der Waals surface area (Å²) in [5.74, 6) is 0.0121. The van der Waals surface area contributed by atoms with Crippen molar-refractivity contribution in [1.29, 1.82) is 0 Å². The van der Waals surface area contributed by atoms with Crippen LogP contribution in [0.15, 0.2) is 57.4 Å². The van der Waals surface area contributed by atoms with Gasteiger partial charge in [0.05, 0.1) is 17.0 Å². The van der Waals surface area contributed by atoms with Gasteiger partial charge in [-0.25, -0.2) is 0 Å². The molecule has 5 nitrogen and oxygen atoms in total. The lowest BCUT2D eigenvalue weighted by atomic mass is 10.2. The van der Waals surface area contributed by atoms with Gasteiger partial charge >= 0.3 is 6.01 Å². The second-order valence-electron chi connectivity index (χ2n) is 4.74. The summed E-state index contributed by atoms with van der Waals surface area (Å²) in [4.78, 5) is 12.2. The number of aromatic nitrogens is 2. The fraction of sp³-hybridized carbons (Fsp3) is 0.0625. The van der Waals surface area contributed by atoms with Crippen LogP contribution in [-0.2, 0) is 6.42 Å². The molecule has 0 spiro atoms. The molecule has 1 aromatic heterocycles. The first-order chi connectivity index (χ1) is 11.1. The van der Waals surface area contributed by atoms with E-state index in [1.807, 2.05) is 30.3 Å². The zero-order valence-electron chi connectivity index (χ0n) is 11.8. The van der Waals surface area contributed by atoms with E-state index in [-0.39, 0.29) is 6.01 Å². The Bertz CT molecular complexity index is 836. The molecular formula is C16H11BrClN3O2. The molecule has 1 amide bonds. The highest BCUT2D eigenvalue weighted by Gasteiger charge is 2.15. The molecule has 1 N–H and O–H groups in total. The first-order valence-electron chi connectivity index (χ1n) is 6.74. The monoisotopic (exact) mass is 391 g/mol. The van der Waals surface area contributed by atoms with Crippen LogP contribution in [0.25, 0.3) is 0 Å². The smallest absolute Gasteiger partial charge is 0.322 e. The van der Waals surface area contributed by atoms with Crippen LogP contribution in [0.1, 0.15) is 21.8 Å². The lowest BCUT2D eigenvalue weighted by molar-refractivity contribution is 0.102. The highest BCUT2D eigenvalue weighted by Crippen LogP contribution is 2.22. The Morgan fingerprint density at radius 2 is 1.96 bits per heavy atom. The number of halogens is 2. The van der Waals surface area contributed by atoms with E-state index in [0.717, 1.165) is 10.0 Å². The van der Waals surface area contributed by atoms with Gasteiger partial charge in [0.2, 0.25) is 5.89 Å². The van der Waals surface area contributed by atoms with Crippen molar-refractivity contribution in [2.75, 3.05) is 5.32 Å². The van der Waals surface area contributed by atoms with Crippen LogP contribution in [0.4, 0.5) is 6.01 Å². The normalized spacial score (nSPS) is 10.5. The van der Waals surface area contributed by atoms with Gasteiger partial charge in [0, 0.05) is 4.47 Å². The maximum atomic E-state index is 12.2.